The van der Waals surface area contributed by atoms with Crippen LogP contribution in [0.3, 0.4) is 0 Å². The molecule has 1 aliphatic heterocycles. The second-order valence-electron chi connectivity index (χ2n) is 4.84. The van der Waals surface area contributed by atoms with Gasteiger partial charge in [0.25, 0.3) is 0 Å². The smallest absolute Gasteiger partial charge is 0.196 e. The van der Waals surface area contributed by atoms with Crippen LogP contribution in [-0.2, 0) is 0 Å². The molecular weight excluding hydrogens is 316 g/mol. The molecule has 0 bridgehead atoms. The quantitative estimate of drug-likeness (QED) is 0.724. The van der Waals surface area contributed by atoms with E-state index in [0.29, 0.717) is 23.5 Å². The molecule has 0 saturated heterocycles. The van der Waals surface area contributed by atoms with E-state index in [1.807, 2.05) is 43.3 Å². The van der Waals surface area contributed by atoms with Crippen LogP contribution in [0.15, 0.2) is 52.5 Å². The number of carbonyl (C=O) groups excluding carboxylic acids is 1. The van der Waals surface area contributed by atoms with Gasteiger partial charge in [0.15, 0.2) is 5.78 Å². The van der Waals surface area contributed by atoms with Gasteiger partial charge in [-0.3, -0.25) is 4.79 Å². The van der Waals surface area contributed by atoms with Crippen LogP contribution < -0.4 is 4.74 Å². The van der Waals surface area contributed by atoms with Crippen molar-refractivity contribution in [2.24, 2.45) is 0 Å². The molecule has 20 heavy (non-hydrogen) atoms. The number of ketones is 1. The molecule has 0 spiro atoms. The number of hydrogen-bond donors (Lipinski definition) is 0. The first-order chi connectivity index (χ1) is 9.63. The van der Waals surface area contributed by atoms with E-state index in [1.54, 1.807) is 6.07 Å². The Labute approximate surface area is 126 Å². The molecule has 0 unspecified atom stereocenters. The van der Waals surface area contributed by atoms with Crippen LogP contribution in [0.4, 0.5) is 0 Å². The molecule has 0 fully saturated rings. The molecule has 0 amide bonds. The fourth-order valence-corrected chi connectivity index (χ4v) is 2.63. The monoisotopic (exact) mass is 328 g/mol. The van der Waals surface area contributed by atoms with Crippen LogP contribution in [-0.4, -0.2) is 12.4 Å². The average Bonchev–Trinajstić information content (AvgIpc) is 2.43. The largest absolute Gasteiger partial charge is 0.488 e. The average molecular weight is 329 g/mol. The van der Waals surface area contributed by atoms with E-state index in [9.17, 15) is 4.79 Å². The van der Waals surface area contributed by atoms with Gasteiger partial charge < -0.3 is 4.74 Å². The molecule has 3 rings (SSSR count). The third-order valence-electron chi connectivity index (χ3n) is 3.24. The number of ether oxygens (including phenoxy) is 1. The number of halogens is 1. The highest BCUT2D eigenvalue weighted by Crippen LogP contribution is 2.30. The summed E-state index contributed by atoms with van der Waals surface area (Å²) in [4.78, 5) is 12.5. The van der Waals surface area contributed by atoms with E-state index in [0.717, 1.165) is 10.0 Å². The van der Waals surface area contributed by atoms with E-state index in [-0.39, 0.29) is 5.78 Å². The summed E-state index contributed by atoms with van der Waals surface area (Å²) in [6.07, 6.45) is 1.90. The normalized spacial score (nSPS) is 15.9. The summed E-state index contributed by atoms with van der Waals surface area (Å²) >= 11 is 3.39. The molecule has 2 aromatic rings. The number of aryl methyl sites for hydroxylation is 1. The van der Waals surface area contributed by atoms with Gasteiger partial charge in [-0.05, 0) is 36.8 Å². The molecule has 1 aliphatic rings. The van der Waals surface area contributed by atoms with E-state index in [4.69, 9.17) is 4.74 Å². The van der Waals surface area contributed by atoms with Gasteiger partial charge in [-0.2, -0.15) is 0 Å². The number of rotatable bonds is 1. The molecule has 0 N–H and O–H groups in total. The number of Topliss-reactive ketones (excluding diaryl/α,β-unsaturated/α-hetero) is 1. The highest BCUT2D eigenvalue weighted by atomic mass is 79.9. The van der Waals surface area contributed by atoms with Crippen LogP contribution in [0.25, 0.3) is 6.08 Å². The summed E-state index contributed by atoms with van der Waals surface area (Å²) in [6, 6.07) is 13.6. The first kappa shape index (κ1) is 13.1. The van der Waals surface area contributed by atoms with Gasteiger partial charge in [0.2, 0.25) is 0 Å². The van der Waals surface area contributed by atoms with Crippen molar-refractivity contribution >= 4 is 27.8 Å². The van der Waals surface area contributed by atoms with Crippen molar-refractivity contribution in [1.29, 1.82) is 0 Å². The van der Waals surface area contributed by atoms with Crippen LogP contribution in [0, 0.1) is 6.92 Å². The Morgan fingerprint density at radius 1 is 1.20 bits per heavy atom. The number of hydrogen-bond acceptors (Lipinski definition) is 2. The van der Waals surface area contributed by atoms with Crippen LogP contribution >= 0.6 is 15.9 Å². The number of fused-ring (bicyclic) bond motifs is 1. The fourth-order valence-electron chi connectivity index (χ4n) is 2.27. The zero-order valence-corrected chi connectivity index (χ0v) is 12.6. The molecule has 0 atom stereocenters. The fraction of sp³-hybridized carbons (Fsp3) is 0.118. The van der Waals surface area contributed by atoms with Gasteiger partial charge in [-0.15, -0.1) is 0 Å². The van der Waals surface area contributed by atoms with E-state index in [2.05, 4.69) is 22.0 Å². The Balaban J connectivity index is 2.00. The lowest BCUT2D eigenvalue weighted by Gasteiger charge is -2.19. The molecule has 3 heteroatoms. The SMILES string of the molecule is Cc1cccc(/C=C2\COc3ccc(Br)cc3C2=O)c1. The molecule has 1 heterocycles. The highest BCUT2D eigenvalue weighted by molar-refractivity contribution is 9.10. The maximum Gasteiger partial charge on any atom is 0.196 e. The Hall–Kier alpha value is -1.87. The summed E-state index contributed by atoms with van der Waals surface area (Å²) in [7, 11) is 0. The predicted molar refractivity (Wildman–Crippen MR) is 83.1 cm³/mol. The number of carbonyl (C=O) groups is 1. The van der Waals surface area contributed by atoms with Crippen molar-refractivity contribution in [3.05, 3.63) is 69.2 Å². The van der Waals surface area contributed by atoms with E-state index < -0.39 is 0 Å². The van der Waals surface area contributed by atoms with Crippen molar-refractivity contribution in [3.63, 3.8) is 0 Å². The molecule has 0 saturated carbocycles. The minimum absolute atomic E-state index is 0.0362. The van der Waals surface area contributed by atoms with Gasteiger partial charge in [0.05, 0.1) is 5.56 Å². The third-order valence-corrected chi connectivity index (χ3v) is 3.74. The van der Waals surface area contributed by atoms with Crippen LogP contribution in [0.5, 0.6) is 5.75 Å². The van der Waals surface area contributed by atoms with Gasteiger partial charge in [0, 0.05) is 10.0 Å². The first-order valence-corrected chi connectivity index (χ1v) is 7.17. The van der Waals surface area contributed by atoms with Crippen molar-refractivity contribution in [2.45, 2.75) is 6.92 Å². The standard InChI is InChI=1S/C17H13BrO2/c1-11-3-2-4-12(7-11)8-13-10-20-16-6-5-14(18)9-15(16)17(13)19/h2-9H,10H2,1H3/b13-8+. The lowest BCUT2D eigenvalue weighted by atomic mass is 9.98. The van der Waals surface area contributed by atoms with Crippen molar-refractivity contribution in [1.82, 2.24) is 0 Å². The second kappa shape index (κ2) is 5.25. The van der Waals surface area contributed by atoms with Gasteiger partial charge >= 0.3 is 0 Å². The molecule has 2 nitrogen and oxygen atoms in total. The molecule has 0 aliphatic carbocycles. The summed E-state index contributed by atoms with van der Waals surface area (Å²) in [5.41, 5.74) is 3.49. The predicted octanol–water partition coefficient (Wildman–Crippen LogP) is 4.42. The molecule has 0 radical (unpaired) electrons. The van der Waals surface area contributed by atoms with Crippen molar-refractivity contribution < 1.29 is 9.53 Å². The minimum atomic E-state index is 0.0362. The Morgan fingerprint density at radius 3 is 2.85 bits per heavy atom. The zero-order valence-electron chi connectivity index (χ0n) is 11.0. The minimum Gasteiger partial charge on any atom is -0.488 e. The maximum absolute atomic E-state index is 12.5. The maximum atomic E-state index is 12.5. The van der Waals surface area contributed by atoms with Gasteiger partial charge in [-0.25, -0.2) is 0 Å². The summed E-state index contributed by atoms with van der Waals surface area (Å²) in [6.45, 7) is 2.36. The highest BCUT2D eigenvalue weighted by Gasteiger charge is 2.23. The first-order valence-electron chi connectivity index (χ1n) is 6.38. The summed E-state index contributed by atoms with van der Waals surface area (Å²) < 4.78 is 6.53. The molecular formula is C17H13BrO2. The second-order valence-corrected chi connectivity index (χ2v) is 5.76. The lowest BCUT2D eigenvalue weighted by Crippen LogP contribution is -2.19. The topological polar surface area (TPSA) is 26.3 Å². The van der Waals surface area contributed by atoms with Crippen LogP contribution in [0.1, 0.15) is 21.5 Å². The molecule has 0 aromatic heterocycles. The number of benzene rings is 2. The molecule has 2 aromatic carbocycles. The lowest BCUT2D eigenvalue weighted by molar-refractivity contribution is 0.100. The van der Waals surface area contributed by atoms with E-state index in [1.165, 1.54) is 5.56 Å². The Morgan fingerprint density at radius 2 is 2.05 bits per heavy atom. The van der Waals surface area contributed by atoms with Crippen molar-refractivity contribution in [3.8, 4) is 5.75 Å². The molecule has 100 valence electrons. The summed E-state index contributed by atoms with van der Waals surface area (Å²) in [5.74, 6) is 0.689. The van der Waals surface area contributed by atoms with E-state index >= 15 is 0 Å². The summed E-state index contributed by atoms with van der Waals surface area (Å²) in [5, 5.41) is 0. The Kier molecular flexibility index (Phi) is 3.45. The zero-order chi connectivity index (χ0) is 14.1. The Bertz CT molecular complexity index is 717. The van der Waals surface area contributed by atoms with Gasteiger partial charge in [0.1, 0.15) is 12.4 Å². The van der Waals surface area contributed by atoms with Gasteiger partial charge in [-0.1, -0.05) is 45.8 Å². The van der Waals surface area contributed by atoms with Crippen LogP contribution in [0.2, 0.25) is 0 Å². The van der Waals surface area contributed by atoms with Crippen molar-refractivity contribution in [2.75, 3.05) is 6.61 Å². The third kappa shape index (κ3) is 2.54.